The van der Waals surface area contributed by atoms with Gasteiger partial charge in [-0.25, -0.2) is 4.79 Å². The van der Waals surface area contributed by atoms with Crippen LogP contribution in [0.25, 0.3) is 0 Å². The maximum Gasteiger partial charge on any atom is 0.337 e. The van der Waals surface area contributed by atoms with E-state index in [1.54, 1.807) is 30.3 Å². The topological polar surface area (TPSA) is 64.3 Å². The van der Waals surface area contributed by atoms with E-state index in [0.29, 0.717) is 37.1 Å². The molecule has 0 unspecified atom stereocenters. The van der Waals surface area contributed by atoms with E-state index in [0.717, 1.165) is 0 Å². The SMILES string of the molecule is COC(=O)c1ccc(N)c(Nc2ccc(Br)c(Cl)c2Cl)c1. The fraction of sp³-hybridized carbons (Fsp3) is 0.0714. The third kappa shape index (κ3) is 3.43. The Hall–Kier alpha value is -1.43. The number of halogens is 3. The monoisotopic (exact) mass is 388 g/mol. The third-order valence-electron chi connectivity index (χ3n) is 2.78. The highest BCUT2D eigenvalue weighted by atomic mass is 79.9. The molecule has 0 aromatic heterocycles. The van der Waals surface area contributed by atoms with Crippen LogP contribution in [0.1, 0.15) is 10.4 Å². The second kappa shape index (κ2) is 6.56. The molecule has 3 N–H and O–H groups in total. The van der Waals surface area contributed by atoms with E-state index >= 15 is 0 Å². The molecule has 0 heterocycles. The van der Waals surface area contributed by atoms with E-state index < -0.39 is 5.97 Å². The number of carbonyl (C=O) groups excluding carboxylic acids is 1. The zero-order valence-corrected chi connectivity index (χ0v) is 14.0. The van der Waals surface area contributed by atoms with E-state index in [4.69, 9.17) is 28.9 Å². The Balaban J connectivity index is 2.40. The van der Waals surface area contributed by atoms with Crippen LogP contribution < -0.4 is 11.1 Å². The Morgan fingerprint density at radius 1 is 1.19 bits per heavy atom. The predicted molar refractivity (Wildman–Crippen MR) is 89.6 cm³/mol. The molecule has 0 fully saturated rings. The van der Waals surface area contributed by atoms with Gasteiger partial charge in [-0.1, -0.05) is 23.2 Å². The van der Waals surface area contributed by atoms with E-state index in [2.05, 4.69) is 26.0 Å². The van der Waals surface area contributed by atoms with Gasteiger partial charge in [0.05, 0.1) is 39.8 Å². The highest BCUT2D eigenvalue weighted by Crippen LogP contribution is 2.38. The second-order valence-corrected chi connectivity index (χ2v) is 5.75. The molecule has 0 aliphatic heterocycles. The summed E-state index contributed by atoms with van der Waals surface area (Å²) in [5.74, 6) is -0.446. The van der Waals surface area contributed by atoms with Crippen LogP contribution in [0, 0.1) is 0 Å². The summed E-state index contributed by atoms with van der Waals surface area (Å²) in [6.45, 7) is 0. The quantitative estimate of drug-likeness (QED) is 0.446. The smallest absolute Gasteiger partial charge is 0.337 e. The molecule has 0 saturated heterocycles. The second-order valence-electron chi connectivity index (χ2n) is 4.14. The lowest BCUT2D eigenvalue weighted by Crippen LogP contribution is -2.04. The summed E-state index contributed by atoms with van der Waals surface area (Å²) >= 11 is 15.5. The number of ether oxygens (including phenoxy) is 1. The van der Waals surface area contributed by atoms with Gasteiger partial charge in [-0.2, -0.15) is 0 Å². The molecule has 0 spiro atoms. The number of nitrogens with one attached hydrogen (secondary N) is 1. The molecular formula is C14H11BrCl2N2O2. The summed E-state index contributed by atoms with van der Waals surface area (Å²) in [7, 11) is 1.32. The molecule has 0 radical (unpaired) electrons. The average molecular weight is 390 g/mol. The Morgan fingerprint density at radius 2 is 1.90 bits per heavy atom. The minimum absolute atomic E-state index is 0.355. The molecule has 0 bridgehead atoms. The van der Waals surface area contributed by atoms with Gasteiger partial charge in [0.15, 0.2) is 0 Å². The van der Waals surface area contributed by atoms with Crippen LogP contribution in [-0.4, -0.2) is 13.1 Å². The van der Waals surface area contributed by atoms with Gasteiger partial charge in [0.1, 0.15) is 0 Å². The lowest BCUT2D eigenvalue weighted by Gasteiger charge is -2.13. The standard InChI is InChI=1S/C14H11BrCl2N2O2/c1-21-14(20)7-2-4-9(18)11(6-7)19-10-5-3-8(15)12(16)13(10)17/h2-6,19H,18H2,1H3. The molecule has 0 aliphatic rings. The van der Waals surface area contributed by atoms with Gasteiger partial charge < -0.3 is 15.8 Å². The van der Waals surface area contributed by atoms with Crippen molar-refractivity contribution in [1.29, 1.82) is 0 Å². The molecule has 110 valence electrons. The van der Waals surface area contributed by atoms with Gasteiger partial charge in [-0.3, -0.25) is 0 Å². The van der Waals surface area contributed by atoms with Gasteiger partial charge in [-0.05, 0) is 46.3 Å². The number of hydrogen-bond acceptors (Lipinski definition) is 4. The Morgan fingerprint density at radius 3 is 2.57 bits per heavy atom. The summed E-state index contributed by atoms with van der Waals surface area (Å²) in [6, 6.07) is 8.30. The van der Waals surface area contributed by atoms with Crippen molar-refractivity contribution in [1.82, 2.24) is 0 Å². The minimum atomic E-state index is -0.446. The summed E-state index contributed by atoms with van der Waals surface area (Å²) in [6.07, 6.45) is 0. The van der Waals surface area contributed by atoms with Gasteiger partial charge in [0.2, 0.25) is 0 Å². The van der Waals surface area contributed by atoms with Crippen molar-refractivity contribution in [2.75, 3.05) is 18.2 Å². The molecule has 0 aliphatic carbocycles. The molecule has 4 nitrogen and oxygen atoms in total. The molecule has 0 atom stereocenters. The minimum Gasteiger partial charge on any atom is -0.465 e. The largest absolute Gasteiger partial charge is 0.465 e. The highest BCUT2D eigenvalue weighted by molar-refractivity contribution is 9.10. The van der Waals surface area contributed by atoms with E-state index in [9.17, 15) is 4.79 Å². The average Bonchev–Trinajstić information content (AvgIpc) is 2.49. The van der Waals surface area contributed by atoms with E-state index in [1.165, 1.54) is 7.11 Å². The van der Waals surface area contributed by atoms with Crippen molar-refractivity contribution in [3.05, 3.63) is 50.4 Å². The number of benzene rings is 2. The number of anilines is 3. The molecule has 0 saturated carbocycles. The van der Waals surface area contributed by atoms with Crippen LogP contribution in [0.5, 0.6) is 0 Å². The molecular weight excluding hydrogens is 379 g/mol. The maximum absolute atomic E-state index is 11.6. The number of esters is 1. The van der Waals surface area contributed by atoms with Gasteiger partial charge >= 0.3 is 5.97 Å². The summed E-state index contributed by atoms with van der Waals surface area (Å²) in [4.78, 5) is 11.6. The molecule has 2 rings (SSSR count). The highest BCUT2D eigenvalue weighted by Gasteiger charge is 2.12. The van der Waals surface area contributed by atoms with Crippen molar-refractivity contribution in [3.8, 4) is 0 Å². The number of carbonyl (C=O) groups is 1. The number of nitrogen functional groups attached to an aromatic ring is 1. The number of hydrogen-bond donors (Lipinski definition) is 2. The van der Waals surface area contributed by atoms with Gasteiger partial charge in [0.25, 0.3) is 0 Å². The Bertz CT molecular complexity index is 708. The molecule has 2 aromatic rings. The van der Waals surface area contributed by atoms with Gasteiger partial charge in [0, 0.05) is 4.47 Å². The first-order valence-corrected chi connectivity index (χ1v) is 7.37. The fourth-order valence-corrected chi connectivity index (χ4v) is 2.50. The first kappa shape index (κ1) is 15.9. The van der Waals surface area contributed by atoms with E-state index in [1.807, 2.05) is 0 Å². The van der Waals surface area contributed by atoms with E-state index in [-0.39, 0.29) is 0 Å². The molecule has 0 amide bonds. The van der Waals surface area contributed by atoms with Crippen molar-refractivity contribution in [3.63, 3.8) is 0 Å². The van der Waals surface area contributed by atoms with Gasteiger partial charge in [-0.15, -0.1) is 0 Å². The zero-order valence-electron chi connectivity index (χ0n) is 10.9. The van der Waals surface area contributed by atoms with Crippen LogP contribution in [0.15, 0.2) is 34.8 Å². The fourth-order valence-electron chi connectivity index (χ4n) is 1.68. The van der Waals surface area contributed by atoms with Crippen LogP contribution in [0.2, 0.25) is 10.0 Å². The first-order chi connectivity index (χ1) is 9.93. The van der Waals surface area contributed by atoms with Crippen LogP contribution >= 0.6 is 39.1 Å². The molecule has 7 heteroatoms. The van der Waals surface area contributed by atoms with Crippen molar-refractivity contribution < 1.29 is 9.53 Å². The van der Waals surface area contributed by atoms with Crippen molar-refractivity contribution in [2.24, 2.45) is 0 Å². The molecule has 21 heavy (non-hydrogen) atoms. The normalized spacial score (nSPS) is 10.3. The number of nitrogens with two attached hydrogens (primary N) is 1. The first-order valence-electron chi connectivity index (χ1n) is 5.82. The summed E-state index contributed by atoms with van der Waals surface area (Å²) < 4.78 is 5.37. The summed E-state index contributed by atoms with van der Waals surface area (Å²) in [5, 5.41) is 3.81. The third-order valence-corrected chi connectivity index (χ3v) is 4.55. The Labute approximate surface area is 140 Å². The Kier molecular flexibility index (Phi) is 4.98. The van der Waals surface area contributed by atoms with Crippen LogP contribution in [-0.2, 0) is 4.74 Å². The number of rotatable bonds is 3. The lowest BCUT2D eigenvalue weighted by atomic mass is 10.1. The van der Waals surface area contributed by atoms with Crippen molar-refractivity contribution >= 4 is 62.2 Å². The number of methoxy groups -OCH3 is 1. The van der Waals surface area contributed by atoms with Crippen LogP contribution in [0.3, 0.4) is 0 Å². The zero-order chi connectivity index (χ0) is 15.6. The molecule has 2 aromatic carbocycles. The lowest BCUT2D eigenvalue weighted by molar-refractivity contribution is 0.0601. The maximum atomic E-state index is 11.6. The predicted octanol–water partition coefficient (Wildman–Crippen LogP) is 4.87. The van der Waals surface area contributed by atoms with Crippen molar-refractivity contribution in [2.45, 2.75) is 0 Å². The van der Waals surface area contributed by atoms with Crippen LogP contribution in [0.4, 0.5) is 17.1 Å². The summed E-state index contributed by atoms with van der Waals surface area (Å²) in [5.41, 5.74) is 7.87.